The van der Waals surface area contributed by atoms with Gasteiger partial charge >= 0.3 is 0 Å². The molecule has 2 heterocycles. The van der Waals surface area contributed by atoms with Crippen molar-refractivity contribution in [1.82, 2.24) is 5.32 Å². The molecule has 3 rings (SSSR count). The summed E-state index contributed by atoms with van der Waals surface area (Å²) in [5, 5.41) is 6.35. The van der Waals surface area contributed by atoms with E-state index in [0.717, 1.165) is 29.9 Å². The van der Waals surface area contributed by atoms with Crippen molar-refractivity contribution in [2.75, 3.05) is 5.32 Å². The van der Waals surface area contributed by atoms with Crippen molar-refractivity contribution in [1.29, 1.82) is 0 Å². The minimum absolute atomic E-state index is 0.0282. The van der Waals surface area contributed by atoms with Crippen molar-refractivity contribution >= 4 is 11.6 Å². The van der Waals surface area contributed by atoms with Gasteiger partial charge < -0.3 is 9.73 Å². The summed E-state index contributed by atoms with van der Waals surface area (Å²) in [6, 6.07) is 9.91. The second-order valence-electron chi connectivity index (χ2n) is 5.70. The first-order valence-corrected chi connectivity index (χ1v) is 7.33. The van der Waals surface area contributed by atoms with Crippen LogP contribution in [0.1, 0.15) is 36.3 Å². The SMILES string of the molecule is Cc1ccc2c(c1)C(NC(C)CCc1ccco1)C(=O)N2. The van der Waals surface area contributed by atoms with Crippen LogP contribution < -0.4 is 10.6 Å². The fraction of sp³-hybridized carbons (Fsp3) is 0.353. The van der Waals surface area contributed by atoms with E-state index in [1.165, 1.54) is 5.56 Å². The van der Waals surface area contributed by atoms with Crippen LogP contribution in [0.2, 0.25) is 0 Å². The summed E-state index contributed by atoms with van der Waals surface area (Å²) < 4.78 is 5.34. The monoisotopic (exact) mass is 284 g/mol. The van der Waals surface area contributed by atoms with Crippen LogP contribution >= 0.6 is 0 Å². The predicted molar refractivity (Wildman–Crippen MR) is 82.2 cm³/mol. The zero-order valence-corrected chi connectivity index (χ0v) is 12.3. The van der Waals surface area contributed by atoms with Crippen molar-refractivity contribution in [3.8, 4) is 0 Å². The van der Waals surface area contributed by atoms with Gasteiger partial charge in [-0.3, -0.25) is 10.1 Å². The molecule has 1 aromatic carbocycles. The molecule has 0 fully saturated rings. The third kappa shape index (κ3) is 3.00. The molecule has 2 unspecified atom stereocenters. The normalized spacial score (nSPS) is 18.4. The number of amides is 1. The molecular formula is C17H20N2O2. The van der Waals surface area contributed by atoms with Gasteiger partial charge in [-0.1, -0.05) is 17.7 Å². The average Bonchev–Trinajstić information content (AvgIpc) is 3.06. The van der Waals surface area contributed by atoms with Gasteiger partial charge in [0.05, 0.1) is 6.26 Å². The average molecular weight is 284 g/mol. The summed E-state index contributed by atoms with van der Waals surface area (Å²) in [4.78, 5) is 12.1. The van der Waals surface area contributed by atoms with Crippen LogP contribution in [0.5, 0.6) is 0 Å². The summed E-state index contributed by atoms with van der Waals surface area (Å²) >= 11 is 0. The second kappa shape index (κ2) is 5.74. The minimum atomic E-state index is -0.258. The Bertz CT molecular complexity index is 634. The van der Waals surface area contributed by atoms with Gasteiger partial charge in [0.15, 0.2) is 0 Å². The first-order valence-electron chi connectivity index (χ1n) is 7.33. The van der Waals surface area contributed by atoms with Crippen LogP contribution in [0.25, 0.3) is 0 Å². The van der Waals surface area contributed by atoms with Crippen LogP contribution in [0.4, 0.5) is 5.69 Å². The van der Waals surface area contributed by atoms with E-state index >= 15 is 0 Å². The Morgan fingerprint density at radius 2 is 2.24 bits per heavy atom. The molecule has 1 amide bonds. The van der Waals surface area contributed by atoms with E-state index in [1.807, 2.05) is 31.2 Å². The van der Waals surface area contributed by atoms with Crippen LogP contribution in [0.15, 0.2) is 41.0 Å². The number of carbonyl (C=O) groups excluding carboxylic acids is 1. The molecule has 2 N–H and O–H groups in total. The van der Waals surface area contributed by atoms with Crippen molar-refractivity contribution < 1.29 is 9.21 Å². The van der Waals surface area contributed by atoms with Gasteiger partial charge in [0.1, 0.15) is 11.8 Å². The molecule has 0 radical (unpaired) electrons. The van der Waals surface area contributed by atoms with Crippen LogP contribution in [-0.2, 0) is 11.2 Å². The maximum Gasteiger partial charge on any atom is 0.246 e. The highest BCUT2D eigenvalue weighted by Crippen LogP contribution is 2.31. The Morgan fingerprint density at radius 1 is 1.38 bits per heavy atom. The fourth-order valence-electron chi connectivity index (χ4n) is 2.73. The van der Waals surface area contributed by atoms with E-state index in [2.05, 4.69) is 23.6 Å². The van der Waals surface area contributed by atoms with Gasteiger partial charge in [-0.2, -0.15) is 0 Å². The Labute approximate surface area is 124 Å². The highest BCUT2D eigenvalue weighted by molar-refractivity contribution is 6.02. The second-order valence-corrected chi connectivity index (χ2v) is 5.70. The van der Waals surface area contributed by atoms with E-state index in [1.54, 1.807) is 6.26 Å². The Balaban J connectivity index is 1.65. The van der Waals surface area contributed by atoms with Crippen molar-refractivity contribution in [2.45, 2.75) is 38.8 Å². The van der Waals surface area contributed by atoms with E-state index < -0.39 is 0 Å². The molecule has 2 aromatic rings. The number of rotatable bonds is 5. The smallest absolute Gasteiger partial charge is 0.246 e. The summed E-state index contributed by atoms with van der Waals surface area (Å²) in [6.07, 6.45) is 3.49. The quantitative estimate of drug-likeness (QED) is 0.886. The van der Waals surface area contributed by atoms with E-state index in [0.29, 0.717) is 0 Å². The standard InChI is InChI=1S/C17H20N2O2/c1-11-5-8-15-14(10-11)16(17(20)19-15)18-12(2)6-7-13-4-3-9-21-13/h3-5,8-10,12,16,18H,6-7H2,1-2H3,(H,19,20). The van der Waals surface area contributed by atoms with Gasteiger partial charge in [0.25, 0.3) is 0 Å². The molecule has 0 spiro atoms. The van der Waals surface area contributed by atoms with Crippen LogP contribution in [-0.4, -0.2) is 11.9 Å². The zero-order valence-electron chi connectivity index (χ0n) is 12.3. The van der Waals surface area contributed by atoms with Gasteiger partial charge in [-0.05, 0) is 38.5 Å². The van der Waals surface area contributed by atoms with Crippen LogP contribution in [0.3, 0.4) is 0 Å². The summed E-state index contributed by atoms with van der Waals surface area (Å²) in [7, 11) is 0. The molecule has 1 aromatic heterocycles. The number of carbonyl (C=O) groups is 1. The highest BCUT2D eigenvalue weighted by atomic mass is 16.3. The lowest BCUT2D eigenvalue weighted by Gasteiger charge is -2.18. The molecule has 110 valence electrons. The zero-order chi connectivity index (χ0) is 14.8. The Morgan fingerprint density at radius 3 is 3.00 bits per heavy atom. The molecule has 0 saturated heterocycles. The fourth-order valence-corrected chi connectivity index (χ4v) is 2.73. The third-order valence-corrected chi connectivity index (χ3v) is 3.89. The maximum atomic E-state index is 12.1. The molecule has 1 aliphatic heterocycles. The summed E-state index contributed by atoms with van der Waals surface area (Å²) in [5.41, 5.74) is 3.13. The number of benzene rings is 1. The molecule has 1 aliphatic rings. The first-order chi connectivity index (χ1) is 10.1. The topological polar surface area (TPSA) is 54.3 Å². The van der Waals surface area contributed by atoms with Gasteiger partial charge in [-0.15, -0.1) is 0 Å². The van der Waals surface area contributed by atoms with Crippen LogP contribution in [0, 0.1) is 6.92 Å². The van der Waals surface area contributed by atoms with Crippen molar-refractivity contribution in [3.05, 3.63) is 53.5 Å². The number of aryl methyl sites for hydroxylation is 2. The predicted octanol–water partition coefficient (Wildman–Crippen LogP) is 3.19. The van der Waals surface area contributed by atoms with Gasteiger partial charge in [0.2, 0.25) is 5.91 Å². The minimum Gasteiger partial charge on any atom is -0.469 e. The molecule has 4 heteroatoms. The lowest BCUT2D eigenvalue weighted by Crippen LogP contribution is -2.34. The van der Waals surface area contributed by atoms with Gasteiger partial charge in [-0.25, -0.2) is 0 Å². The molecule has 4 nitrogen and oxygen atoms in total. The Hall–Kier alpha value is -2.07. The van der Waals surface area contributed by atoms with E-state index in [9.17, 15) is 4.79 Å². The lowest BCUT2D eigenvalue weighted by molar-refractivity contribution is -0.117. The lowest BCUT2D eigenvalue weighted by atomic mass is 10.0. The number of nitrogens with one attached hydrogen (secondary N) is 2. The molecule has 0 aliphatic carbocycles. The molecule has 21 heavy (non-hydrogen) atoms. The molecule has 2 atom stereocenters. The third-order valence-electron chi connectivity index (χ3n) is 3.89. The maximum absolute atomic E-state index is 12.1. The number of hydrogen-bond donors (Lipinski definition) is 2. The van der Waals surface area contributed by atoms with E-state index in [4.69, 9.17) is 4.42 Å². The molecular weight excluding hydrogens is 264 g/mol. The number of fused-ring (bicyclic) bond motifs is 1. The van der Waals surface area contributed by atoms with Crippen molar-refractivity contribution in [2.24, 2.45) is 0 Å². The summed E-state index contributed by atoms with van der Waals surface area (Å²) in [6.45, 7) is 4.14. The van der Waals surface area contributed by atoms with Crippen molar-refractivity contribution in [3.63, 3.8) is 0 Å². The number of anilines is 1. The van der Waals surface area contributed by atoms with E-state index in [-0.39, 0.29) is 18.0 Å². The Kier molecular flexibility index (Phi) is 3.80. The first kappa shape index (κ1) is 13.9. The largest absolute Gasteiger partial charge is 0.469 e. The summed E-state index contributed by atoms with van der Waals surface area (Å²) in [5.74, 6) is 1.01. The number of furan rings is 1. The molecule has 0 saturated carbocycles. The number of hydrogen-bond acceptors (Lipinski definition) is 3. The molecule has 0 bridgehead atoms. The highest BCUT2D eigenvalue weighted by Gasteiger charge is 2.31. The van der Waals surface area contributed by atoms with Gasteiger partial charge in [0, 0.05) is 23.7 Å².